The molecule has 1 amide bonds. The topological polar surface area (TPSA) is 131 Å². The van der Waals surface area contributed by atoms with Gasteiger partial charge < -0.3 is 14.8 Å². The minimum atomic E-state index is -4.97. The molecule has 0 saturated heterocycles. The van der Waals surface area contributed by atoms with Crippen LogP contribution in [0.4, 0.5) is 23.2 Å². The first-order chi connectivity index (χ1) is 18.2. The van der Waals surface area contributed by atoms with E-state index in [-0.39, 0.29) is 21.9 Å². The van der Waals surface area contributed by atoms with Crippen LogP contribution < -0.4 is 14.8 Å². The minimum absolute atomic E-state index is 0.0298. The fourth-order valence-electron chi connectivity index (χ4n) is 3.95. The number of alkyl halides is 3. The fraction of sp³-hybridized carbons (Fsp3) is 0.280. The van der Waals surface area contributed by atoms with E-state index in [0.29, 0.717) is 12.8 Å². The Bertz CT molecular complexity index is 1630. The van der Waals surface area contributed by atoms with Crippen LogP contribution in [0.1, 0.15) is 40.0 Å². The summed E-state index contributed by atoms with van der Waals surface area (Å²) >= 11 is 0. The molecule has 1 N–H and O–H groups in total. The summed E-state index contributed by atoms with van der Waals surface area (Å²) in [5, 5.41) is 18.4. The predicted molar refractivity (Wildman–Crippen MR) is 129 cm³/mol. The number of rotatable bonds is 7. The van der Waals surface area contributed by atoms with Crippen LogP contribution >= 0.6 is 0 Å². The van der Waals surface area contributed by atoms with Crippen molar-refractivity contribution in [1.29, 1.82) is 5.26 Å². The van der Waals surface area contributed by atoms with Crippen molar-refractivity contribution in [2.75, 3.05) is 18.7 Å². The van der Waals surface area contributed by atoms with Crippen LogP contribution in [0.15, 0.2) is 41.3 Å². The van der Waals surface area contributed by atoms with E-state index in [4.69, 9.17) is 9.47 Å². The molecule has 3 aromatic rings. The molecule has 14 heteroatoms. The van der Waals surface area contributed by atoms with E-state index in [1.807, 2.05) is 0 Å². The van der Waals surface area contributed by atoms with Gasteiger partial charge in [0.15, 0.2) is 32.8 Å². The Morgan fingerprint density at radius 3 is 2.44 bits per heavy atom. The third-order valence-electron chi connectivity index (χ3n) is 6.15. The number of halogens is 4. The van der Waals surface area contributed by atoms with Crippen LogP contribution in [-0.4, -0.2) is 37.9 Å². The molecule has 1 aliphatic carbocycles. The summed E-state index contributed by atoms with van der Waals surface area (Å²) in [5.74, 6) is -3.47. The van der Waals surface area contributed by atoms with Gasteiger partial charge in [-0.2, -0.15) is 18.4 Å². The Morgan fingerprint density at radius 2 is 1.87 bits per heavy atom. The summed E-state index contributed by atoms with van der Waals surface area (Å²) in [7, 11) is -2.52. The van der Waals surface area contributed by atoms with E-state index in [0.717, 1.165) is 26.4 Å². The number of benzene rings is 2. The Labute approximate surface area is 220 Å². The van der Waals surface area contributed by atoms with E-state index < -0.39 is 61.6 Å². The van der Waals surface area contributed by atoms with Gasteiger partial charge in [-0.05, 0) is 49.6 Å². The molecule has 1 saturated carbocycles. The van der Waals surface area contributed by atoms with Gasteiger partial charge in [0.2, 0.25) is 0 Å². The molecule has 9 nitrogen and oxygen atoms in total. The van der Waals surface area contributed by atoms with Gasteiger partial charge in [0.05, 0.1) is 23.5 Å². The van der Waals surface area contributed by atoms with Crippen molar-refractivity contribution in [2.45, 2.75) is 36.3 Å². The Morgan fingerprint density at radius 1 is 1.18 bits per heavy atom. The molecule has 0 bridgehead atoms. The van der Waals surface area contributed by atoms with Crippen LogP contribution in [0.5, 0.6) is 17.4 Å². The molecule has 1 aliphatic rings. The average molecular weight is 565 g/mol. The van der Waals surface area contributed by atoms with E-state index in [1.54, 1.807) is 0 Å². The van der Waals surface area contributed by atoms with Gasteiger partial charge in [-0.1, -0.05) is 12.1 Å². The van der Waals surface area contributed by atoms with Crippen LogP contribution in [0, 0.1) is 24.1 Å². The van der Waals surface area contributed by atoms with Crippen molar-refractivity contribution in [3.05, 3.63) is 64.6 Å². The van der Waals surface area contributed by atoms with Gasteiger partial charge in [-0.25, -0.2) is 12.8 Å². The minimum Gasteiger partial charge on any atom is -0.490 e. The quantitative estimate of drug-likeness (QED) is 0.399. The van der Waals surface area contributed by atoms with Gasteiger partial charge in [0.25, 0.3) is 11.8 Å². The summed E-state index contributed by atoms with van der Waals surface area (Å²) < 4.78 is 90.5. The molecule has 0 spiro atoms. The van der Waals surface area contributed by atoms with Gasteiger partial charge in [-0.15, -0.1) is 10.2 Å². The van der Waals surface area contributed by atoms with E-state index in [2.05, 4.69) is 21.6 Å². The lowest BCUT2D eigenvalue weighted by molar-refractivity contribution is -0.142. The average Bonchev–Trinajstić information content (AvgIpc) is 3.64. The lowest BCUT2D eigenvalue weighted by Gasteiger charge is -2.18. The van der Waals surface area contributed by atoms with Crippen molar-refractivity contribution in [3.8, 4) is 23.4 Å². The largest absolute Gasteiger partial charge is 0.490 e. The monoisotopic (exact) mass is 564 g/mol. The van der Waals surface area contributed by atoms with Gasteiger partial charge in [0, 0.05) is 17.5 Å². The third kappa shape index (κ3) is 5.35. The molecule has 1 heterocycles. The van der Waals surface area contributed by atoms with Crippen molar-refractivity contribution < 1.29 is 40.2 Å². The van der Waals surface area contributed by atoms with Crippen molar-refractivity contribution >= 4 is 21.4 Å². The summed E-state index contributed by atoms with van der Waals surface area (Å²) in [6, 6.07) is 9.69. The number of nitrogens with one attached hydrogen (secondary N) is 1. The van der Waals surface area contributed by atoms with Crippen molar-refractivity contribution in [1.82, 2.24) is 10.2 Å². The maximum absolute atomic E-state index is 15.3. The van der Waals surface area contributed by atoms with E-state index >= 15 is 4.39 Å². The first kappa shape index (κ1) is 27.8. The molecule has 0 aliphatic heterocycles. The number of methoxy groups -OCH3 is 1. The number of nitriles is 1. The second kappa shape index (κ2) is 9.81. The SMILES string of the molecule is COc1c(Oc2nnc(C(F)(F)F)c(C)c2C(=O)Nc2cccc(S(C)(=O)=O)c2)ccc(C2(C#N)CC2)c1F. The zero-order valence-electron chi connectivity index (χ0n) is 20.7. The summed E-state index contributed by atoms with van der Waals surface area (Å²) in [4.78, 5) is 13.1. The zero-order valence-corrected chi connectivity index (χ0v) is 21.5. The molecule has 1 aromatic heterocycles. The lowest BCUT2D eigenvalue weighted by atomic mass is 9.96. The number of anilines is 1. The fourth-order valence-corrected chi connectivity index (χ4v) is 4.62. The first-order valence-corrected chi connectivity index (χ1v) is 13.1. The highest BCUT2D eigenvalue weighted by Gasteiger charge is 2.47. The molecule has 0 radical (unpaired) electrons. The smallest absolute Gasteiger partial charge is 0.435 e. The molecule has 39 heavy (non-hydrogen) atoms. The van der Waals surface area contributed by atoms with Crippen molar-refractivity contribution in [3.63, 3.8) is 0 Å². The van der Waals surface area contributed by atoms with Crippen LogP contribution in [0.3, 0.4) is 0 Å². The molecule has 0 unspecified atom stereocenters. The molecule has 204 valence electrons. The summed E-state index contributed by atoms with van der Waals surface area (Å²) in [6.07, 6.45) is -3.13. The number of hydrogen-bond donors (Lipinski definition) is 1. The van der Waals surface area contributed by atoms with Crippen LogP contribution in [0.2, 0.25) is 0 Å². The maximum atomic E-state index is 15.3. The predicted octanol–water partition coefficient (Wildman–Crippen LogP) is 4.95. The number of sulfone groups is 1. The normalized spacial score (nSPS) is 14.3. The van der Waals surface area contributed by atoms with Gasteiger partial charge in [0.1, 0.15) is 5.56 Å². The zero-order chi connectivity index (χ0) is 28.8. The number of aromatic nitrogens is 2. The number of hydrogen-bond acceptors (Lipinski definition) is 8. The summed E-state index contributed by atoms with van der Waals surface area (Å²) in [6.45, 7) is 0.983. The third-order valence-corrected chi connectivity index (χ3v) is 7.26. The molecule has 2 aromatic carbocycles. The van der Waals surface area contributed by atoms with Gasteiger partial charge >= 0.3 is 6.18 Å². The maximum Gasteiger partial charge on any atom is 0.435 e. The Balaban J connectivity index is 1.79. The molecule has 0 atom stereocenters. The van der Waals surface area contributed by atoms with E-state index in [1.165, 1.54) is 30.3 Å². The second-order valence-electron chi connectivity index (χ2n) is 8.86. The second-order valence-corrected chi connectivity index (χ2v) is 10.9. The first-order valence-electron chi connectivity index (χ1n) is 11.2. The summed E-state index contributed by atoms with van der Waals surface area (Å²) in [5.41, 5.74) is -3.73. The van der Waals surface area contributed by atoms with Crippen molar-refractivity contribution in [2.24, 2.45) is 0 Å². The standard InChI is InChI=1S/C25H20F4N4O5S/c1-13-18(22(34)31-14-5-4-6-15(11-14)39(3,35)36)23(33-32-21(13)25(27,28)29)38-17-8-7-16(19(26)20(17)37-2)24(12-30)9-10-24/h4-8,11H,9-10H2,1-3H3,(H,31,34). The Kier molecular flexibility index (Phi) is 6.99. The highest BCUT2D eigenvalue weighted by molar-refractivity contribution is 7.90. The molecular formula is C25H20F4N4O5S. The molecular weight excluding hydrogens is 544 g/mol. The highest BCUT2D eigenvalue weighted by Crippen LogP contribution is 2.51. The number of carbonyl (C=O) groups is 1. The number of amides is 1. The van der Waals surface area contributed by atoms with Gasteiger partial charge in [-0.3, -0.25) is 4.79 Å². The Hall–Kier alpha value is -4.25. The number of ether oxygens (including phenoxy) is 2. The number of carbonyl (C=O) groups excluding carboxylic acids is 1. The molecule has 1 fully saturated rings. The van der Waals surface area contributed by atoms with Crippen LogP contribution in [-0.2, 0) is 21.4 Å². The molecule has 4 rings (SSSR count). The number of nitrogens with zero attached hydrogens (tertiary/aromatic N) is 3. The van der Waals surface area contributed by atoms with E-state index in [9.17, 15) is 31.6 Å². The highest BCUT2D eigenvalue weighted by atomic mass is 32.2. The lowest BCUT2D eigenvalue weighted by Crippen LogP contribution is -2.21. The van der Waals surface area contributed by atoms with Crippen LogP contribution in [0.25, 0.3) is 0 Å².